The van der Waals surface area contributed by atoms with E-state index in [0.29, 0.717) is 6.04 Å². The van der Waals surface area contributed by atoms with Crippen molar-refractivity contribution < 1.29 is 9.90 Å². The fourth-order valence-corrected chi connectivity index (χ4v) is 3.35. The Morgan fingerprint density at radius 2 is 2.11 bits per heavy atom. The standard InChI is InChI=1S/C14H26N2O2/c1-11(2)15-12-5-8-16(13(12)18)9-14(10-17)6-3-4-7-14/h11-12,15,17H,3-10H2,1-2H3. The van der Waals surface area contributed by atoms with Crippen molar-refractivity contribution in [2.24, 2.45) is 5.41 Å². The molecule has 0 spiro atoms. The van der Waals surface area contributed by atoms with Crippen molar-refractivity contribution in [2.75, 3.05) is 19.7 Å². The largest absolute Gasteiger partial charge is 0.396 e. The van der Waals surface area contributed by atoms with Crippen molar-refractivity contribution in [1.82, 2.24) is 10.2 Å². The van der Waals surface area contributed by atoms with Gasteiger partial charge in [0.25, 0.3) is 0 Å². The fraction of sp³-hybridized carbons (Fsp3) is 0.929. The van der Waals surface area contributed by atoms with Gasteiger partial charge in [-0.1, -0.05) is 26.7 Å². The highest BCUT2D eigenvalue weighted by Crippen LogP contribution is 2.39. The van der Waals surface area contributed by atoms with E-state index in [9.17, 15) is 9.90 Å². The molecule has 1 saturated carbocycles. The Labute approximate surface area is 110 Å². The van der Waals surface area contributed by atoms with E-state index in [1.807, 2.05) is 4.90 Å². The van der Waals surface area contributed by atoms with Crippen molar-refractivity contribution in [3.8, 4) is 0 Å². The number of likely N-dealkylation sites (tertiary alicyclic amines) is 1. The molecule has 1 aliphatic heterocycles. The topological polar surface area (TPSA) is 52.6 Å². The van der Waals surface area contributed by atoms with Crippen LogP contribution >= 0.6 is 0 Å². The minimum Gasteiger partial charge on any atom is -0.396 e. The lowest BCUT2D eigenvalue weighted by Gasteiger charge is -2.32. The predicted molar refractivity (Wildman–Crippen MR) is 71.2 cm³/mol. The van der Waals surface area contributed by atoms with Crippen LogP contribution in [-0.4, -0.2) is 47.7 Å². The first kappa shape index (κ1) is 13.8. The molecule has 2 fully saturated rings. The maximum Gasteiger partial charge on any atom is 0.239 e. The van der Waals surface area contributed by atoms with E-state index >= 15 is 0 Å². The summed E-state index contributed by atoms with van der Waals surface area (Å²) in [6.07, 6.45) is 5.41. The number of amides is 1. The first-order valence-corrected chi connectivity index (χ1v) is 7.22. The number of aliphatic hydroxyl groups excluding tert-OH is 1. The van der Waals surface area contributed by atoms with Crippen LogP contribution in [0.2, 0.25) is 0 Å². The molecule has 104 valence electrons. The van der Waals surface area contributed by atoms with Crippen LogP contribution in [0.5, 0.6) is 0 Å². The number of carbonyl (C=O) groups is 1. The molecule has 0 aromatic rings. The fourth-order valence-electron chi connectivity index (χ4n) is 3.35. The van der Waals surface area contributed by atoms with Gasteiger partial charge in [-0.15, -0.1) is 0 Å². The van der Waals surface area contributed by atoms with Crippen molar-refractivity contribution >= 4 is 5.91 Å². The number of rotatable bonds is 5. The number of nitrogens with one attached hydrogen (secondary N) is 1. The lowest BCUT2D eigenvalue weighted by atomic mass is 9.86. The van der Waals surface area contributed by atoms with Gasteiger partial charge in [-0.3, -0.25) is 4.79 Å². The summed E-state index contributed by atoms with van der Waals surface area (Å²) in [5.74, 6) is 0.225. The normalized spacial score (nSPS) is 27.4. The van der Waals surface area contributed by atoms with E-state index in [0.717, 1.165) is 32.4 Å². The van der Waals surface area contributed by atoms with E-state index in [-0.39, 0.29) is 24.0 Å². The third-order valence-corrected chi connectivity index (χ3v) is 4.36. The molecule has 2 aliphatic rings. The predicted octanol–water partition coefficient (Wildman–Crippen LogP) is 1.14. The van der Waals surface area contributed by atoms with E-state index in [1.54, 1.807) is 0 Å². The van der Waals surface area contributed by atoms with E-state index in [4.69, 9.17) is 0 Å². The van der Waals surface area contributed by atoms with Gasteiger partial charge in [-0.25, -0.2) is 0 Å². The van der Waals surface area contributed by atoms with Gasteiger partial charge in [0, 0.05) is 24.5 Å². The summed E-state index contributed by atoms with van der Waals surface area (Å²) in [4.78, 5) is 14.2. The summed E-state index contributed by atoms with van der Waals surface area (Å²) in [5.41, 5.74) is -0.0115. The number of nitrogens with zero attached hydrogens (tertiary/aromatic N) is 1. The summed E-state index contributed by atoms with van der Waals surface area (Å²) in [6, 6.07) is 0.333. The Morgan fingerprint density at radius 1 is 1.44 bits per heavy atom. The quantitative estimate of drug-likeness (QED) is 0.773. The van der Waals surface area contributed by atoms with Gasteiger partial charge in [0.2, 0.25) is 5.91 Å². The average Bonchev–Trinajstić information content (AvgIpc) is 2.91. The molecule has 4 nitrogen and oxygen atoms in total. The summed E-state index contributed by atoms with van der Waals surface area (Å²) >= 11 is 0. The molecule has 1 unspecified atom stereocenters. The number of hydrogen-bond acceptors (Lipinski definition) is 3. The molecule has 0 aromatic carbocycles. The Bertz CT molecular complexity index is 298. The van der Waals surface area contributed by atoms with Crippen LogP contribution in [0.15, 0.2) is 0 Å². The Hall–Kier alpha value is -0.610. The Morgan fingerprint density at radius 3 is 2.67 bits per heavy atom. The highest BCUT2D eigenvalue weighted by molar-refractivity contribution is 5.84. The van der Waals surface area contributed by atoms with Crippen molar-refractivity contribution in [3.05, 3.63) is 0 Å². The highest BCUT2D eigenvalue weighted by atomic mass is 16.3. The number of carbonyl (C=O) groups excluding carboxylic acids is 1. The molecule has 0 bridgehead atoms. The van der Waals surface area contributed by atoms with Crippen molar-refractivity contribution in [1.29, 1.82) is 0 Å². The van der Waals surface area contributed by atoms with Gasteiger partial charge >= 0.3 is 0 Å². The molecular formula is C14H26N2O2. The van der Waals surface area contributed by atoms with Crippen LogP contribution in [0.3, 0.4) is 0 Å². The number of aliphatic hydroxyl groups is 1. The third-order valence-electron chi connectivity index (χ3n) is 4.36. The summed E-state index contributed by atoms with van der Waals surface area (Å²) in [6.45, 7) is 5.95. The molecule has 4 heteroatoms. The molecule has 1 saturated heterocycles. The number of hydrogen-bond donors (Lipinski definition) is 2. The molecule has 0 radical (unpaired) electrons. The van der Waals surface area contributed by atoms with Gasteiger partial charge in [0.05, 0.1) is 12.6 Å². The average molecular weight is 254 g/mol. The van der Waals surface area contributed by atoms with Gasteiger partial charge in [0.15, 0.2) is 0 Å². The van der Waals surface area contributed by atoms with Crippen LogP contribution < -0.4 is 5.32 Å². The molecular weight excluding hydrogens is 228 g/mol. The zero-order valence-electron chi connectivity index (χ0n) is 11.6. The SMILES string of the molecule is CC(C)NC1CCN(CC2(CO)CCCC2)C1=O. The Kier molecular flexibility index (Phi) is 4.28. The lowest BCUT2D eigenvalue weighted by molar-refractivity contribution is -0.131. The summed E-state index contributed by atoms with van der Waals surface area (Å²) in [7, 11) is 0. The maximum absolute atomic E-state index is 12.3. The summed E-state index contributed by atoms with van der Waals surface area (Å²) < 4.78 is 0. The minimum atomic E-state index is -0.0119. The van der Waals surface area contributed by atoms with E-state index in [2.05, 4.69) is 19.2 Å². The van der Waals surface area contributed by atoms with Crippen LogP contribution in [0.1, 0.15) is 46.0 Å². The molecule has 1 amide bonds. The lowest BCUT2D eigenvalue weighted by Crippen LogP contribution is -2.45. The van der Waals surface area contributed by atoms with Gasteiger partial charge in [-0.2, -0.15) is 0 Å². The van der Waals surface area contributed by atoms with Crippen molar-refractivity contribution in [2.45, 2.75) is 58.0 Å². The van der Waals surface area contributed by atoms with Crippen LogP contribution in [0.25, 0.3) is 0 Å². The highest BCUT2D eigenvalue weighted by Gasteiger charge is 2.40. The second kappa shape index (κ2) is 5.57. The molecule has 2 rings (SSSR count). The van der Waals surface area contributed by atoms with Gasteiger partial charge < -0.3 is 15.3 Å². The Balaban J connectivity index is 1.93. The second-order valence-corrected chi connectivity index (χ2v) is 6.29. The molecule has 2 N–H and O–H groups in total. The van der Waals surface area contributed by atoms with Gasteiger partial charge in [0.1, 0.15) is 0 Å². The molecule has 1 aliphatic carbocycles. The molecule has 0 aromatic heterocycles. The monoisotopic (exact) mass is 254 g/mol. The first-order valence-electron chi connectivity index (χ1n) is 7.22. The van der Waals surface area contributed by atoms with Crippen molar-refractivity contribution in [3.63, 3.8) is 0 Å². The van der Waals surface area contributed by atoms with Crippen LogP contribution in [0, 0.1) is 5.41 Å². The maximum atomic E-state index is 12.3. The third kappa shape index (κ3) is 2.86. The molecule has 1 heterocycles. The van der Waals surface area contributed by atoms with Crippen LogP contribution in [-0.2, 0) is 4.79 Å². The zero-order chi connectivity index (χ0) is 13.2. The van der Waals surface area contributed by atoms with Gasteiger partial charge in [-0.05, 0) is 19.3 Å². The zero-order valence-corrected chi connectivity index (χ0v) is 11.6. The first-order chi connectivity index (χ1) is 8.56. The minimum absolute atomic E-state index is 0.0115. The molecule has 1 atom stereocenters. The summed E-state index contributed by atoms with van der Waals surface area (Å²) in [5, 5.41) is 12.9. The van der Waals surface area contributed by atoms with E-state index < -0.39 is 0 Å². The van der Waals surface area contributed by atoms with E-state index in [1.165, 1.54) is 12.8 Å². The smallest absolute Gasteiger partial charge is 0.239 e. The second-order valence-electron chi connectivity index (χ2n) is 6.29. The van der Waals surface area contributed by atoms with Crippen LogP contribution in [0.4, 0.5) is 0 Å². The molecule has 18 heavy (non-hydrogen) atoms.